The van der Waals surface area contributed by atoms with Gasteiger partial charge in [-0.15, -0.1) is 0 Å². The molecule has 1 atom stereocenters. The molecule has 0 aliphatic heterocycles. The molecule has 0 saturated carbocycles. The van der Waals surface area contributed by atoms with Gasteiger partial charge in [0.25, 0.3) is 0 Å². The van der Waals surface area contributed by atoms with Crippen molar-refractivity contribution in [3.05, 3.63) is 75.9 Å². The summed E-state index contributed by atoms with van der Waals surface area (Å²) in [5.41, 5.74) is 2.36. The summed E-state index contributed by atoms with van der Waals surface area (Å²) in [6.07, 6.45) is 4.69. The van der Waals surface area contributed by atoms with E-state index in [1.807, 2.05) is 6.08 Å². The highest BCUT2D eigenvalue weighted by Gasteiger charge is 2.18. The summed E-state index contributed by atoms with van der Waals surface area (Å²) in [6.45, 7) is 3.61. The first-order valence-electron chi connectivity index (χ1n) is 8.47. The molecule has 0 aromatic heterocycles. The molecule has 2 aromatic rings. The van der Waals surface area contributed by atoms with Crippen LogP contribution in [-0.2, 0) is 6.42 Å². The topological polar surface area (TPSA) is 0 Å². The van der Waals surface area contributed by atoms with Crippen LogP contribution in [0.1, 0.15) is 48.4 Å². The van der Waals surface area contributed by atoms with Gasteiger partial charge in [-0.2, -0.15) is 0 Å². The zero-order valence-electron chi connectivity index (χ0n) is 14.3. The molecule has 3 rings (SSSR count). The Hall–Kier alpha value is -2.10. The highest BCUT2D eigenvalue weighted by Crippen LogP contribution is 2.33. The SMILES string of the molecule is Cc1cc(Cc2cc(F)c(F)c(C3=CCC(C)CC3)c2)cc(F)c1F. The van der Waals surface area contributed by atoms with Crippen LogP contribution < -0.4 is 0 Å². The van der Waals surface area contributed by atoms with Crippen molar-refractivity contribution in [3.8, 4) is 0 Å². The first kappa shape index (κ1) is 17.7. The highest BCUT2D eigenvalue weighted by molar-refractivity contribution is 5.67. The quantitative estimate of drug-likeness (QED) is 0.567. The third-order valence-electron chi connectivity index (χ3n) is 4.79. The largest absolute Gasteiger partial charge is 0.204 e. The number of rotatable bonds is 3. The Labute approximate surface area is 145 Å². The van der Waals surface area contributed by atoms with Gasteiger partial charge in [-0.05, 0) is 79.0 Å². The van der Waals surface area contributed by atoms with Crippen molar-refractivity contribution in [1.29, 1.82) is 0 Å². The van der Waals surface area contributed by atoms with Gasteiger partial charge in [-0.1, -0.05) is 19.1 Å². The van der Waals surface area contributed by atoms with Crippen molar-refractivity contribution >= 4 is 5.57 Å². The molecule has 0 N–H and O–H groups in total. The molecule has 1 unspecified atom stereocenters. The molecule has 1 aliphatic carbocycles. The molecule has 0 heterocycles. The van der Waals surface area contributed by atoms with Gasteiger partial charge in [0.15, 0.2) is 23.3 Å². The van der Waals surface area contributed by atoms with Crippen LogP contribution in [0.3, 0.4) is 0 Å². The second-order valence-corrected chi connectivity index (χ2v) is 6.93. The molecule has 1 aliphatic rings. The second-order valence-electron chi connectivity index (χ2n) is 6.93. The molecule has 2 aromatic carbocycles. The van der Waals surface area contributed by atoms with E-state index in [0.717, 1.165) is 30.5 Å². The van der Waals surface area contributed by atoms with Gasteiger partial charge in [-0.25, -0.2) is 17.6 Å². The number of benzene rings is 2. The first-order valence-corrected chi connectivity index (χ1v) is 8.47. The summed E-state index contributed by atoms with van der Waals surface area (Å²) in [6, 6.07) is 5.38. The monoisotopic (exact) mass is 348 g/mol. The summed E-state index contributed by atoms with van der Waals surface area (Å²) in [5, 5.41) is 0. The van der Waals surface area contributed by atoms with Crippen molar-refractivity contribution in [2.45, 2.75) is 39.5 Å². The Kier molecular flexibility index (Phi) is 4.98. The van der Waals surface area contributed by atoms with Crippen LogP contribution in [-0.4, -0.2) is 0 Å². The molecule has 0 bridgehead atoms. The zero-order valence-corrected chi connectivity index (χ0v) is 14.3. The predicted octanol–water partition coefficient (Wildman–Crippen LogP) is 6.35. The van der Waals surface area contributed by atoms with Gasteiger partial charge in [0.2, 0.25) is 0 Å². The second kappa shape index (κ2) is 7.03. The van der Waals surface area contributed by atoms with Crippen LogP contribution in [0.2, 0.25) is 0 Å². The molecule has 0 radical (unpaired) electrons. The molecule has 132 valence electrons. The lowest BCUT2D eigenvalue weighted by molar-refractivity contribution is 0.499. The number of aryl methyl sites for hydroxylation is 1. The molecule has 25 heavy (non-hydrogen) atoms. The molecule has 0 fully saturated rings. The third-order valence-corrected chi connectivity index (χ3v) is 4.79. The van der Waals surface area contributed by atoms with Gasteiger partial charge in [-0.3, -0.25) is 0 Å². The van der Waals surface area contributed by atoms with E-state index in [9.17, 15) is 17.6 Å². The van der Waals surface area contributed by atoms with Crippen molar-refractivity contribution in [2.24, 2.45) is 5.92 Å². The number of hydrogen-bond donors (Lipinski definition) is 0. The van der Waals surface area contributed by atoms with Crippen molar-refractivity contribution < 1.29 is 17.6 Å². The van der Waals surface area contributed by atoms with Crippen molar-refractivity contribution in [2.75, 3.05) is 0 Å². The molecular formula is C21H20F4. The summed E-state index contributed by atoms with van der Waals surface area (Å²) in [7, 11) is 0. The van der Waals surface area contributed by atoms with E-state index in [0.29, 0.717) is 23.5 Å². The predicted molar refractivity (Wildman–Crippen MR) is 91.3 cm³/mol. The minimum Gasteiger partial charge on any atom is -0.204 e. The lowest BCUT2D eigenvalue weighted by Crippen LogP contribution is -2.05. The van der Waals surface area contributed by atoms with Crippen molar-refractivity contribution in [3.63, 3.8) is 0 Å². The first-order chi connectivity index (χ1) is 11.8. The Morgan fingerprint density at radius 1 is 0.920 bits per heavy atom. The average molecular weight is 348 g/mol. The van der Waals surface area contributed by atoms with E-state index >= 15 is 0 Å². The third kappa shape index (κ3) is 3.78. The molecule has 0 nitrogen and oxygen atoms in total. The fourth-order valence-electron chi connectivity index (χ4n) is 3.33. The van der Waals surface area contributed by atoms with Gasteiger partial charge in [0.05, 0.1) is 0 Å². The van der Waals surface area contributed by atoms with Crippen LogP contribution in [0.5, 0.6) is 0 Å². The van der Waals surface area contributed by atoms with Crippen LogP contribution >= 0.6 is 0 Å². The zero-order chi connectivity index (χ0) is 18.1. The maximum absolute atomic E-state index is 14.3. The van der Waals surface area contributed by atoms with Gasteiger partial charge < -0.3 is 0 Å². The van der Waals surface area contributed by atoms with Crippen LogP contribution in [0.4, 0.5) is 17.6 Å². The Balaban J connectivity index is 1.95. The summed E-state index contributed by atoms with van der Waals surface area (Å²) in [4.78, 5) is 0. The van der Waals surface area contributed by atoms with E-state index in [-0.39, 0.29) is 17.5 Å². The Morgan fingerprint density at radius 2 is 1.56 bits per heavy atom. The van der Waals surface area contributed by atoms with Crippen molar-refractivity contribution in [1.82, 2.24) is 0 Å². The van der Waals surface area contributed by atoms with E-state index in [1.54, 1.807) is 6.07 Å². The average Bonchev–Trinajstić information content (AvgIpc) is 2.56. The minimum atomic E-state index is -0.929. The van der Waals surface area contributed by atoms with E-state index < -0.39 is 23.3 Å². The number of hydrogen-bond acceptors (Lipinski definition) is 0. The summed E-state index contributed by atoms with van der Waals surface area (Å²) < 4.78 is 55.3. The van der Waals surface area contributed by atoms with E-state index in [2.05, 4.69) is 6.92 Å². The summed E-state index contributed by atoms with van der Waals surface area (Å²) >= 11 is 0. The molecule has 4 heteroatoms. The normalized spacial score (nSPS) is 17.5. The van der Waals surface area contributed by atoms with Gasteiger partial charge in [0, 0.05) is 5.56 Å². The molecular weight excluding hydrogens is 328 g/mol. The molecule has 0 spiro atoms. The van der Waals surface area contributed by atoms with Crippen LogP contribution in [0.25, 0.3) is 5.57 Å². The maximum atomic E-state index is 14.3. The van der Waals surface area contributed by atoms with E-state index in [4.69, 9.17) is 0 Å². The number of allylic oxidation sites excluding steroid dienone is 2. The fourth-order valence-corrected chi connectivity index (χ4v) is 3.33. The van der Waals surface area contributed by atoms with Gasteiger partial charge in [0.1, 0.15) is 0 Å². The Bertz CT molecular complexity index is 813. The standard InChI is InChI=1S/C21H20F4/c1-12-3-5-16(6-4-12)17-9-15(11-19(23)21(17)25)8-14-7-13(2)20(24)18(22)10-14/h5,7,9-12H,3-4,6,8H2,1-2H3. The fraction of sp³-hybridized carbons (Fsp3) is 0.333. The van der Waals surface area contributed by atoms with Gasteiger partial charge >= 0.3 is 0 Å². The lowest BCUT2D eigenvalue weighted by atomic mass is 9.86. The number of halogens is 4. The van der Waals surface area contributed by atoms with E-state index in [1.165, 1.54) is 13.0 Å². The minimum absolute atomic E-state index is 0.196. The summed E-state index contributed by atoms with van der Waals surface area (Å²) in [5.74, 6) is -3.01. The van der Waals surface area contributed by atoms with Crippen LogP contribution in [0, 0.1) is 36.1 Å². The Morgan fingerprint density at radius 3 is 2.16 bits per heavy atom. The van der Waals surface area contributed by atoms with Crippen LogP contribution in [0.15, 0.2) is 30.3 Å². The molecule has 0 amide bonds. The smallest absolute Gasteiger partial charge is 0.166 e. The maximum Gasteiger partial charge on any atom is 0.166 e. The lowest BCUT2D eigenvalue weighted by Gasteiger charge is -2.19. The highest BCUT2D eigenvalue weighted by atomic mass is 19.2. The molecule has 0 saturated heterocycles.